The van der Waals surface area contributed by atoms with Crippen molar-refractivity contribution < 1.29 is 9.59 Å². The average molecular weight is 304 g/mol. The lowest BCUT2D eigenvalue weighted by Crippen LogP contribution is -2.37. The Bertz CT molecular complexity index is 581. The predicted molar refractivity (Wildman–Crippen MR) is 82.3 cm³/mol. The zero-order valence-electron chi connectivity index (χ0n) is 13.6. The molecule has 1 saturated carbocycles. The maximum absolute atomic E-state index is 12.5. The van der Waals surface area contributed by atoms with E-state index in [1.54, 1.807) is 12.5 Å². The molecule has 3 rings (SSSR count). The SMILES string of the molecule is CC(C)NC(=O)C1C2CN(C(=O)c3cn(C(C)C)cn3)C[C@H]21. The summed E-state index contributed by atoms with van der Waals surface area (Å²) in [5.74, 6) is 0.875. The predicted octanol–water partition coefficient (Wildman–Crippen LogP) is 1.31. The molecule has 0 spiro atoms. The standard InChI is InChI=1S/C16H24N4O2/c1-9(2)18-15(21)14-11-5-19(6-12(11)14)16(22)13-7-20(8-17-13)10(3)4/h7-12,14H,5-6H2,1-4H3,(H,18,21)/t11-,12?,14?/m1/s1. The number of hydrogen-bond acceptors (Lipinski definition) is 3. The smallest absolute Gasteiger partial charge is 0.274 e. The number of amides is 2. The Labute approximate surface area is 130 Å². The second-order valence-corrected chi connectivity index (χ2v) is 7.03. The van der Waals surface area contributed by atoms with Crippen molar-refractivity contribution in [3.63, 3.8) is 0 Å². The van der Waals surface area contributed by atoms with Gasteiger partial charge in [-0.2, -0.15) is 0 Å². The third-order valence-corrected chi connectivity index (χ3v) is 4.63. The summed E-state index contributed by atoms with van der Waals surface area (Å²) in [6, 6.07) is 0.469. The quantitative estimate of drug-likeness (QED) is 0.912. The van der Waals surface area contributed by atoms with Crippen molar-refractivity contribution in [2.24, 2.45) is 17.8 Å². The van der Waals surface area contributed by atoms with Crippen LogP contribution in [0.5, 0.6) is 0 Å². The van der Waals surface area contributed by atoms with E-state index in [0.29, 0.717) is 36.7 Å². The van der Waals surface area contributed by atoms with E-state index in [4.69, 9.17) is 0 Å². The second kappa shape index (κ2) is 5.41. The molecule has 3 atom stereocenters. The number of imidazole rings is 1. The number of carbonyl (C=O) groups excluding carboxylic acids is 2. The monoisotopic (exact) mass is 304 g/mol. The summed E-state index contributed by atoms with van der Waals surface area (Å²) in [6.07, 6.45) is 3.51. The zero-order valence-corrected chi connectivity index (χ0v) is 13.6. The fourth-order valence-electron chi connectivity index (χ4n) is 3.35. The van der Waals surface area contributed by atoms with E-state index in [1.165, 1.54) is 0 Å². The molecule has 120 valence electrons. The van der Waals surface area contributed by atoms with Gasteiger partial charge in [0.25, 0.3) is 5.91 Å². The first-order valence-electron chi connectivity index (χ1n) is 8.01. The highest BCUT2D eigenvalue weighted by atomic mass is 16.2. The van der Waals surface area contributed by atoms with Crippen molar-refractivity contribution >= 4 is 11.8 Å². The molecule has 1 N–H and O–H groups in total. The van der Waals surface area contributed by atoms with Gasteiger partial charge in [0.15, 0.2) is 0 Å². The summed E-state index contributed by atoms with van der Waals surface area (Å²) in [7, 11) is 0. The summed E-state index contributed by atoms with van der Waals surface area (Å²) >= 11 is 0. The van der Waals surface area contributed by atoms with Crippen molar-refractivity contribution in [3.05, 3.63) is 18.2 Å². The van der Waals surface area contributed by atoms with Gasteiger partial charge in [-0.15, -0.1) is 0 Å². The van der Waals surface area contributed by atoms with Crippen molar-refractivity contribution in [3.8, 4) is 0 Å². The largest absolute Gasteiger partial charge is 0.354 e. The molecule has 2 aliphatic rings. The Morgan fingerprint density at radius 3 is 2.36 bits per heavy atom. The van der Waals surface area contributed by atoms with Crippen molar-refractivity contribution in [2.45, 2.75) is 39.8 Å². The van der Waals surface area contributed by atoms with E-state index < -0.39 is 0 Å². The maximum Gasteiger partial charge on any atom is 0.274 e. The Hall–Kier alpha value is -1.85. The lowest BCUT2D eigenvalue weighted by molar-refractivity contribution is -0.123. The fraction of sp³-hybridized carbons (Fsp3) is 0.688. The molecule has 2 unspecified atom stereocenters. The van der Waals surface area contributed by atoms with Crippen LogP contribution >= 0.6 is 0 Å². The Morgan fingerprint density at radius 1 is 1.23 bits per heavy atom. The van der Waals surface area contributed by atoms with Gasteiger partial charge in [0.1, 0.15) is 5.69 Å². The highest BCUT2D eigenvalue weighted by molar-refractivity contribution is 5.93. The molecule has 1 aromatic rings. The van der Waals surface area contributed by atoms with Gasteiger partial charge in [-0.25, -0.2) is 4.98 Å². The molecule has 1 aliphatic carbocycles. The Morgan fingerprint density at radius 2 is 1.86 bits per heavy atom. The minimum absolute atomic E-state index is 0.0189. The zero-order chi connectivity index (χ0) is 16.0. The summed E-state index contributed by atoms with van der Waals surface area (Å²) < 4.78 is 1.93. The summed E-state index contributed by atoms with van der Waals surface area (Å²) in [6.45, 7) is 9.40. The molecule has 1 aromatic heterocycles. The molecule has 6 nitrogen and oxygen atoms in total. The van der Waals surface area contributed by atoms with Gasteiger partial charge < -0.3 is 14.8 Å². The number of likely N-dealkylation sites (tertiary alicyclic amines) is 1. The van der Waals surface area contributed by atoms with Gasteiger partial charge in [0.05, 0.1) is 6.33 Å². The Kier molecular flexibility index (Phi) is 3.70. The number of rotatable bonds is 4. The van der Waals surface area contributed by atoms with Gasteiger partial charge in [-0.3, -0.25) is 9.59 Å². The molecule has 0 bridgehead atoms. The summed E-state index contributed by atoms with van der Waals surface area (Å²) in [4.78, 5) is 30.5. The molecule has 0 aromatic carbocycles. The highest BCUT2D eigenvalue weighted by Crippen LogP contribution is 2.52. The van der Waals surface area contributed by atoms with Crippen LogP contribution in [0.25, 0.3) is 0 Å². The first kappa shape index (κ1) is 15.1. The van der Waals surface area contributed by atoms with Crippen LogP contribution in [0, 0.1) is 17.8 Å². The first-order chi connectivity index (χ1) is 10.4. The third kappa shape index (κ3) is 2.62. The number of nitrogens with zero attached hydrogens (tertiary/aromatic N) is 3. The van der Waals surface area contributed by atoms with Crippen LogP contribution in [0.1, 0.15) is 44.2 Å². The van der Waals surface area contributed by atoms with Gasteiger partial charge >= 0.3 is 0 Å². The van der Waals surface area contributed by atoms with Gasteiger partial charge in [0, 0.05) is 37.3 Å². The molecular formula is C16H24N4O2. The molecule has 22 heavy (non-hydrogen) atoms. The number of hydrogen-bond donors (Lipinski definition) is 1. The number of piperidine rings is 1. The van der Waals surface area contributed by atoms with Crippen molar-refractivity contribution in [2.75, 3.05) is 13.1 Å². The Balaban J connectivity index is 1.57. The molecule has 1 aliphatic heterocycles. The van der Waals surface area contributed by atoms with E-state index in [-0.39, 0.29) is 23.8 Å². The summed E-state index contributed by atoms with van der Waals surface area (Å²) in [5.41, 5.74) is 0.498. The molecule has 0 radical (unpaired) electrons. The fourth-order valence-corrected chi connectivity index (χ4v) is 3.35. The number of nitrogens with one attached hydrogen (secondary N) is 1. The van der Waals surface area contributed by atoms with Gasteiger partial charge in [0.2, 0.25) is 5.91 Å². The van der Waals surface area contributed by atoms with Crippen LogP contribution in [0.4, 0.5) is 0 Å². The van der Waals surface area contributed by atoms with Crippen LogP contribution in [0.3, 0.4) is 0 Å². The lowest BCUT2D eigenvalue weighted by Gasteiger charge is -2.19. The van der Waals surface area contributed by atoms with Gasteiger partial charge in [-0.1, -0.05) is 0 Å². The van der Waals surface area contributed by atoms with Crippen molar-refractivity contribution in [1.82, 2.24) is 19.8 Å². The van der Waals surface area contributed by atoms with Crippen molar-refractivity contribution in [1.29, 1.82) is 0 Å². The minimum Gasteiger partial charge on any atom is -0.354 e. The highest BCUT2D eigenvalue weighted by Gasteiger charge is 2.60. The van der Waals surface area contributed by atoms with Crippen LogP contribution in [-0.2, 0) is 4.79 Å². The topological polar surface area (TPSA) is 67.2 Å². The van der Waals surface area contributed by atoms with E-state index in [9.17, 15) is 9.59 Å². The molecule has 2 heterocycles. The summed E-state index contributed by atoms with van der Waals surface area (Å²) in [5, 5.41) is 2.97. The second-order valence-electron chi connectivity index (χ2n) is 7.03. The molecule has 2 fully saturated rings. The lowest BCUT2D eigenvalue weighted by atomic mass is 10.2. The maximum atomic E-state index is 12.5. The molecule has 6 heteroatoms. The van der Waals surface area contributed by atoms with Crippen LogP contribution in [0.2, 0.25) is 0 Å². The van der Waals surface area contributed by atoms with Crippen LogP contribution < -0.4 is 5.32 Å². The first-order valence-corrected chi connectivity index (χ1v) is 8.01. The van der Waals surface area contributed by atoms with E-state index in [2.05, 4.69) is 24.1 Å². The van der Waals surface area contributed by atoms with Crippen LogP contribution in [0.15, 0.2) is 12.5 Å². The normalized spacial score (nSPS) is 26.5. The number of carbonyl (C=O) groups is 2. The van der Waals surface area contributed by atoms with Crippen LogP contribution in [-0.4, -0.2) is 45.4 Å². The minimum atomic E-state index is -0.0189. The third-order valence-electron chi connectivity index (χ3n) is 4.63. The molecular weight excluding hydrogens is 280 g/mol. The average Bonchev–Trinajstić information content (AvgIpc) is 2.85. The van der Waals surface area contributed by atoms with Gasteiger partial charge in [-0.05, 0) is 39.5 Å². The number of aromatic nitrogens is 2. The molecule has 1 saturated heterocycles. The number of fused-ring (bicyclic) bond motifs is 1. The van der Waals surface area contributed by atoms with E-state index in [0.717, 1.165) is 0 Å². The molecule has 2 amide bonds. The van der Waals surface area contributed by atoms with E-state index in [1.807, 2.05) is 23.3 Å². The van der Waals surface area contributed by atoms with E-state index >= 15 is 0 Å².